The summed E-state index contributed by atoms with van der Waals surface area (Å²) in [6, 6.07) is 13.9. The first-order valence-corrected chi connectivity index (χ1v) is 10.7. The van der Waals surface area contributed by atoms with E-state index in [1.807, 2.05) is 12.1 Å². The van der Waals surface area contributed by atoms with Gasteiger partial charge in [-0.05, 0) is 70.9 Å². The van der Waals surface area contributed by atoms with Crippen molar-refractivity contribution >= 4 is 17.8 Å². The predicted octanol–water partition coefficient (Wildman–Crippen LogP) is 6.04. The highest BCUT2D eigenvalue weighted by molar-refractivity contribution is 6.07. The minimum atomic E-state index is -0.401. The number of ether oxygens (including phenoxy) is 1. The highest BCUT2D eigenvalue weighted by atomic mass is 16.5. The molecule has 0 atom stereocenters. The molecule has 3 nitrogen and oxygen atoms in total. The van der Waals surface area contributed by atoms with Gasteiger partial charge in [0.1, 0.15) is 6.29 Å². The average Bonchev–Trinajstić information content (AvgIpc) is 2.74. The van der Waals surface area contributed by atoms with E-state index in [0.717, 1.165) is 24.7 Å². The Kier molecular flexibility index (Phi) is 6.30. The minimum Gasteiger partial charge on any atom is -0.465 e. The van der Waals surface area contributed by atoms with Crippen molar-refractivity contribution in [2.45, 2.75) is 64.2 Å². The van der Waals surface area contributed by atoms with Crippen LogP contribution in [-0.2, 0) is 26.8 Å². The summed E-state index contributed by atoms with van der Waals surface area (Å²) in [6.45, 7) is 9.34. The second-order valence-corrected chi connectivity index (χ2v) is 9.54. The van der Waals surface area contributed by atoms with Gasteiger partial charge in [0.05, 0.1) is 12.7 Å². The molecule has 0 unspecified atom stereocenters. The van der Waals surface area contributed by atoms with Crippen LogP contribution in [0.5, 0.6) is 0 Å². The van der Waals surface area contributed by atoms with E-state index in [-0.39, 0.29) is 10.8 Å². The average molecular weight is 405 g/mol. The summed E-state index contributed by atoms with van der Waals surface area (Å²) in [5.41, 5.74) is 6.42. The number of hydrogen-bond donors (Lipinski definition) is 0. The summed E-state index contributed by atoms with van der Waals surface area (Å²) in [5.74, 6) is -0.401. The minimum absolute atomic E-state index is 0.193. The van der Waals surface area contributed by atoms with Crippen LogP contribution in [-0.4, -0.2) is 19.4 Å². The molecular weight excluding hydrogens is 372 g/mol. The molecular formula is C27H32O3. The Morgan fingerprint density at radius 1 is 0.967 bits per heavy atom. The molecule has 0 saturated heterocycles. The third kappa shape index (κ3) is 4.56. The molecule has 0 spiro atoms. The Balaban J connectivity index is 1.79. The number of esters is 1. The van der Waals surface area contributed by atoms with Crippen LogP contribution in [0.1, 0.15) is 79.6 Å². The van der Waals surface area contributed by atoms with Gasteiger partial charge in [-0.2, -0.15) is 0 Å². The van der Waals surface area contributed by atoms with Crippen LogP contribution in [0.3, 0.4) is 0 Å². The Hall–Kier alpha value is -2.68. The van der Waals surface area contributed by atoms with E-state index < -0.39 is 5.97 Å². The van der Waals surface area contributed by atoms with Gasteiger partial charge in [-0.1, -0.05) is 64.1 Å². The van der Waals surface area contributed by atoms with Gasteiger partial charge in [0.25, 0.3) is 0 Å². The molecule has 0 heterocycles. The predicted molar refractivity (Wildman–Crippen MR) is 122 cm³/mol. The standard InChI is InChI=1S/C27H32O3/c1-26(2)14-15-27(3,4)24-16-19(12-13-23(24)26)8-6-11-22(18-28)20-9-7-10-21(17-20)25(29)30-5/h7,9-13,16-18H,6,8,14-15H2,1-5H3. The molecule has 1 aliphatic carbocycles. The molecule has 0 saturated carbocycles. The lowest BCUT2D eigenvalue weighted by atomic mass is 9.63. The molecule has 0 aliphatic heterocycles. The number of benzene rings is 2. The molecule has 1 aliphatic rings. The molecule has 2 aromatic rings. The zero-order valence-corrected chi connectivity index (χ0v) is 18.7. The number of carbonyl (C=O) groups excluding carboxylic acids is 2. The Labute approximate surface area is 180 Å². The second kappa shape index (κ2) is 8.59. The van der Waals surface area contributed by atoms with Crippen molar-refractivity contribution in [1.29, 1.82) is 0 Å². The monoisotopic (exact) mass is 404 g/mol. The number of hydrogen-bond acceptors (Lipinski definition) is 3. The lowest BCUT2D eigenvalue weighted by Gasteiger charge is -2.42. The van der Waals surface area contributed by atoms with E-state index in [2.05, 4.69) is 45.9 Å². The highest BCUT2D eigenvalue weighted by Crippen LogP contribution is 2.45. The molecule has 3 rings (SSSR count). The fourth-order valence-corrected chi connectivity index (χ4v) is 4.36. The first-order chi connectivity index (χ1) is 14.2. The largest absolute Gasteiger partial charge is 0.465 e. The van der Waals surface area contributed by atoms with Crippen LogP contribution >= 0.6 is 0 Å². The van der Waals surface area contributed by atoms with Crippen LogP contribution in [0.4, 0.5) is 0 Å². The fraction of sp³-hybridized carbons (Fsp3) is 0.407. The van der Waals surface area contributed by atoms with Gasteiger partial charge in [-0.25, -0.2) is 4.79 Å². The van der Waals surface area contributed by atoms with Crippen molar-refractivity contribution in [1.82, 2.24) is 0 Å². The Bertz CT molecular complexity index is 979. The number of methoxy groups -OCH3 is 1. The normalized spacial score (nSPS) is 17.2. The molecule has 30 heavy (non-hydrogen) atoms. The molecule has 0 fully saturated rings. The summed E-state index contributed by atoms with van der Waals surface area (Å²) in [4.78, 5) is 23.4. The van der Waals surface area contributed by atoms with Crippen LogP contribution in [0.2, 0.25) is 0 Å². The maximum atomic E-state index is 11.8. The van der Waals surface area contributed by atoms with E-state index in [9.17, 15) is 9.59 Å². The molecule has 0 amide bonds. The van der Waals surface area contributed by atoms with Crippen molar-refractivity contribution < 1.29 is 14.3 Å². The van der Waals surface area contributed by atoms with Crippen molar-refractivity contribution in [2.24, 2.45) is 0 Å². The quantitative estimate of drug-likeness (QED) is 0.335. The Morgan fingerprint density at radius 3 is 2.30 bits per heavy atom. The SMILES string of the molecule is COC(=O)c1cccc(C(C=O)=CCCc2ccc3c(c2)C(C)(C)CCC3(C)C)c1. The van der Waals surface area contributed by atoms with Crippen LogP contribution in [0, 0.1) is 0 Å². The van der Waals surface area contributed by atoms with E-state index in [4.69, 9.17) is 4.74 Å². The molecule has 0 radical (unpaired) electrons. The molecule has 3 heteroatoms. The van der Waals surface area contributed by atoms with Gasteiger partial charge < -0.3 is 4.74 Å². The van der Waals surface area contributed by atoms with Gasteiger partial charge in [0.15, 0.2) is 0 Å². The lowest BCUT2D eigenvalue weighted by Crippen LogP contribution is -2.33. The third-order valence-electron chi connectivity index (χ3n) is 6.46. The number of carbonyl (C=O) groups is 2. The number of allylic oxidation sites excluding steroid dienone is 2. The zero-order valence-electron chi connectivity index (χ0n) is 18.7. The number of aldehydes is 1. The van der Waals surface area contributed by atoms with Gasteiger partial charge >= 0.3 is 5.97 Å². The number of aryl methyl sites for hydroxylation is 1. The number of rotatable bonds is 6. The highest BCUT2D eigenvalue weighted by Gasteiger charge is 2.36. The molecule has 0 aromatic heterocycles. The van der Waals surface area contributed by atoms with Gasteiger partial charge in [0, 0.05) is 5.57 Å². The topological polar surface area (TPSA) is 43.4 Å². The van der Waals surface area contributed by atoms with Crippen LogP contribution in [0.15, 0.2) is 48.5 Å². The summed E-state index contributed by atoms with van der Waals surface area (Å²) < 4.78 is 4.77. The lowest BCUT2D eigenvalue weighted by molar-refractivity contribution is -0.103. The first-order valence-electron chi connectivity index (χ1n) is 10.7. The maximum absolute atomic E-state index is 11.8. The van der Waals surface area contributed by atoms with Crippen LogP contribution < -0.4 is 0 Å². The van der Waals surface area contributed by atoms with E-state index in [0.29, 0.717) is 11.1 Å². The maximum Gasteiger partial charge on any atom is 0.337 e. The Morgan fingerprint density at radius 2 is 1.63 bits per heavy atom. The molecule has 0 bridgehead atoms. The van der Waals surface area contributed by atoms with Crippen LogP contribution in [0.25, 0.3) is 5.57 Å². The van der Waals surface area contributed by atoms with Crippen molar-refractivity contribution in [3.8, 4) is 0 Å². The van der Waals surface area contributed by atoms with E-state index >= 15 is 0 Å². The summed E-state index contributed by atoms with van der Waals surface area (Å²) in [6.07, 6.45) is 6.86. The molecule has 0 N–H and O–H groups in total. The first kappa shape index (κ1) is 22.0. The van der Waals surface area contributed by atoms with Crippen molar-refractivity contribution in [2.75, 3.05) is 7.11 Å². The third-order valence-corrected chi connectivity index (χ3v) is 6.46. The van der Waals surface area contributed by atoms with E-state index in [1.54, 1.807) is 18.2 Å². The van der Waals surface area contributed by atoms with E-state index in [1.165, 1.54) is 36.6 Å². The smallest absolute Gasteiger partial charge is 0.337 e. The van der Waals surface area contributed by atoms with Gasteiger partial charge in [-0.3, -0.25) is 4.79 Å². The molecule has 2 aromatic carbocycles. The van der Waals surface area contributed by atoms with Gasteiger partial charge in [-0.15, -0.1) is 0 Å². The summed E-state index contributed by atoms with van der Waals surface area (Å²) >= 11 is 0. The molecule has 158 valence electrons. The van der Waals surface area contributed by atoms with Crippen molar-refractivity contribution in [3.63, 3.8) is 0 Å². The second-order valence-electron chi connectivity index (χ2n) is 9.54. The fourth-order valence-electron chi connectivity index (χ4n) is 4.36. The zero-order chi connectivity index (χ0) is 21.9. The summed E-state index contributed by atoms with van der Waals surface area (Å²) in [7, 11) is 1.35. The number of fused-ring (bicyclic) bond motifs is 1. The van der Waals surface area contributed by atoms with Gasteiger partial charge in [0.2, 0.25) is 0 Å². The van der Waals surface area contributed by atoms with Crippen molar-refractivity contribution in [3.05, 3.63) is 76.4 Å². The summed E-state index contributed by atoms with van der Waals surface area (Å²) in [5, 5.41) is 0.